The topological polar surface area (TPSA) is 38.3 Å². The van der Waals surface area contributed by atoms with Crippen molar-refractivity contribution < 1.29 is 18.3 Å². The van der Waals surface area contributed by atoms with E-state index in [-0.39, 0.29) is 18.1 Å². The lowest BCUT2D eigenvalue weighted by Crippen LogP contribution is -2.17. The van der Waals surface area contributed by atoms with E-state index >= 15 is 0 Å². The Kier molecular flexibility index (Phi) is 4.92. The number of nitrogens with one attached hydrogen (secondary N) is 1. The molecule has 24 heavy (non-hydrogen) atoms. The average molecular weight is 363 g/mol. The second-order valence-corrected chi connectivity index (χ2v) is 6.63. The van der Waals surface area contributed by atoms with Gasteiger partial charge in [-0.3, -0.25) is 4.79 Å². The summed E-state index contributed by atoms with van der Waals surface area (Å²) in [6.45, 7) is -0.203. The minimum Gasteiger partial charge on any atom is -0.489 e. The maximum atomic E-state index is 13.5. The van der Waals surface area contributed by atoms with Crippen LogP contribution in [0.3, 0.4) is 0 Å². The van der Waals surface area contributed by atoms with Crippen LogP contribution in [0.5, 0.6) is 5.75 Å². The lowest BCUT2D eigenvalue weighted by Gasteiger charge is -2.08. The van der Waals surface area contributed by atoms with Gasteiger partial charge in [0.05, 0.1) is 10.5 Å². The highest BCUT2D eigenvalue weighted by molar-refractivity contribution is 8.26. The van der Waals surface area contributed by atoms with Crippen molar-refractivity contribution in [3.8, 4) is 5.75 Å². The van der Waals surface area contributed by atoms with E-state index in [2.05, 4.69) is 5.32 Å². The van der Waals surface area contributed by atoms with Crippen LogP contribution in [-0.4, -0.2) is 10.2 Å². The Hall–Kier alpha value is -2.25. The molecule has 0 saturated carbocycles. The van der Waals surface area contributed by atoms with Crippen LogP contribution in [0.4, 0.5) is 8.78 Å². The third-order valence-corrected chi connectivity index (χ3v) is 4.43. The number of halogens is 2. The van der Waals surface area contributed by atoms with Crippen molar-refractivity contribution in [2.24, 2.45) is 0 Å². The van der Waals surface area contributed by atoms with Crippen LogP contribution in [0.25, 0.3) is 6.08 Å². The van der Waals surface area contributed by atoms with Crippen LogP contribution < -0.4 is 10.1 Å². The van der Waals surface area contributed by atoms with E-state index in [0.717, 1.165) is 5.56 Å². The van der Waals surface area contributed by atoms with Gasteiger partial charge in [-0.25, -0.2) is 8.78 Å². The normalized spacial score (nSPS) is 15.7. The van der Waals surface area contributed by atoms with Crippen molar-refractivity contribution in [2.45, 2.75) is 6.61 Å². The van der Waals surface area contributed by atoms with E-state index in [0.29, 0.717) is 15.0 Å². The summed E-state index contributed by atoms with van der Waals surface area (Å²) in [6, 6.07) is 10.5. The summed E-state index contributed by atoms with van der Waals surface area (Å²) in [7, 11) is 0. The first-order valence-electron chi connectivity index (χ1n) is 6.93. The van der Waals surface area contributed by atoms with Gasteiger partial charge in [-0.15, -0.1) is 0 Å². The molecule has 2 aromatic carbocycles. The Balaban J connectivity index is 1.68. The van der Waals surface area contributed by atoms with Crippen LogP contribution in [0, 0.1) is 11.6 Å². The molecule has 1 heterocycles. The standard InChI is InChI=1S/C17H11F2NO2S2/c18-13-2-1-3-14(19)12(13)9-22-11-6-4-10(5-7-11)8-15-16(21)20-17(23)24-15/h1-8H,9H2,(H,20,21,23)/b15-8+. The largest absolute Gasteiger partial charge is 0.489 e. The van der Waals surface area contributed by atoms with Crippen LogP contribution >= 0.6 is 24.0 Å². The molecule has 1 fully saturated rings. The molecule has 1 aliphatic rings. The van der Waals surface area contributed by atoms with E-state index in [4.69, 9.17) is 17.0 Å². The average Bonchev–Trinajstić information content (AvgIpc) is 2.86. The number of carbonyl (C=O) groups excluding carboxylic acids is 1. The molecule has 1 aliphatic heterocycles. The highest BCUT2D eigenvalue weighted by Crippen LogP contribution is 2.26. The third-order valence-electron chi connectivity index (χ3n) is 3.26. The molecule has 0 bridgehead atoms. The van der Waals surface area contributed by atoms with Gasteiger partial charge in [0.2, 0.25) is 0 Å². The maximum Gasteiger partial charge on any atom is 0.263 e. The molecule has 3 nitrogen and oxygen atoms in total. The van der Waals surface area contributed by atoms with E-state index in [1.807, 2.05) is 0 Å². The molecule has 1 saturated heterocycles. The molecule has 7 heteroatoms. The molecule has 0 spiro atoms. The molecule has 0 aromatic heterocycles. The minimum absolute atomic E-state index is 0.115. The van der Waals surface area contributed by atoms with Crippen molar-refractivity contribution >= 4 is 40.3 Å². The van der Waals surface area contributed by atoms with Crippen LogP contribution in [-0.2, 0) is 11.4 Å². The van der Waals surface area contributed by atoms with Crippen molar-refractivity contribution in [2.75, 3.05) is 0 Å². The molecule has 122 valence electrons. The summed E-state index contributed by atoms with van der Waals surface area (Å²) in [5.74, 6) is -1.03. The SMILES string of the molecule is O=C1NC(=S)S/C1=C/c1ccc(OCc2c(F)cccc2F)cc1. The predicted molar refractivity (Wildman–Crippen MR) is 93.4 cm³/mol. The Morgan fingerprint density at radius 1 is 1.12 bits per heavy atom. The van der Waals surface area contributed by atoms with Gasteiger partial charge in [-0.1, -0.05) is 42.2 Å². The molecule has 3 rings (SSSR count). The van der Waals surface area contributed by atoms with Crippen molar-refractivity contribution in [1.29, 1.82) is 0 Å². The quantitative estimate of drug-likeness (QED) is 0.657. The van der Waals surface area contributed by atoms with Crippen molar-refractivity contribution in [3.63, 3.8) is 0 Å². The summed E-state index contributed by atoms with van der Waals surface area (Å²) in [5.41, 5.74) is 0.679. The smallest absolute Gasteiger partial charge is 0.263 e. The zero-order chi connectivity index (χ0) is 17.1. The van der Waals surface area contributed by atoms with E-state index in [1.54, 1.807) is 30.3 Å². The lowest BCUT2D eigenvalue weighted by molar-refractivity contribution is -0.115. The number of ether oxygens (including phenoxy) is 1. The predicted octanol–water partition coefficient (Wildman–Crippen LogP) is 4.03. The molecule has 0 unspecified atom stereocenters. The minimum atomic E-state index is -0.642. The van der Waals surface area contributed by atoms with Gasteiger partial charge in [0.25, 0.3) is 5.91 Å². The summed E-state index contributed by atoms with van der Waals surface area (Å²) < 4.78 is 32.9. The summed E-state index contributed by atoms with van der Waals surface area (Å²) >= 11 is 6.12. The highest BCUT2D eigenvalue weighted by Gasteiger charge is 2.21. The number of hydrogen-bond donors (Lipinski definition) is 1. The van der Waals surface area contributed by atoms with E-state index in [9.17, 15) is 13.6 Å². The van der Waals surface area contributed by atoms with Gasteiger partial charge < -0.3 is 10.1 Å². The fourth-order valence-corrected chi connectivity index (χ4v) is 3.10. The number of rotatable bonds is 4. The number of thiocarbonyl (C=S) groups is 1. The molecule has 0 radical (unpaired) electrons. The molecule has 1 amide bonds. The van der Waals surface area contributed by atoms with Crippen LogP contribution in [0.15, 0.2) is 47.4 Å². The third kappa shape index (κ3) is 3.80. The Morgan fingerprint density at radius 2 is 1.79 bits per heavy atom. The van der Waals surface area contributed by atoms with Gasteiger partial charge in [-0.05, 0) is 35.9 Å². The second kappa shape index (κ2) is 7.11. The van der Waals surface area contributed by atoms with Crippen molar-refractivity contribution in [1.82, 2.24) is 5.32 Å². The van der Waals surface area contributed by atoms with E-state index in [1.165, 1.54) is 30.0 Å². The molecular formula is C17H11F2NO2S2. The molecule has 0 atom stereocenters. The first-order valence-corrected chi connectivity index (χ1v) is 8.16. The lowest BCUT2D eigenvalue weighted by atomic mass is 10.2. The van der Waals surface area contributed by atoms with Gasteiger partial charge in [0.15, 0.2) is 0 Å². The number of thioether (sulfide) groups is 1. The highest BCUT2D eigenvalue weighted by atomic mass is 32.2. The van der Waals surface area contributed by atoms with E-state index < -0.39 is 11.6 Å². The first kappa shape index (κ1) is 16.6. The number of amides is 1. The second-order valence-electron chi connectivity index (χ2n) is 4.91. The van der Waals surface area contributed by atoms with Gasteiger partial charge >= 0.3 is 0 Å². The number of benzene rings is 2. The monoisotopic (exact) mass is 363 g/mol. The fraction of sp³-hybridized carbons (Fsp3) is 0.0588. The van der Waals surface area contributed by atoms with Gasteiger partial charge in [0, 0.05) is 0 Å². The first-order chi connectivity index (χ1) is 11.5. The number of carbonyl (C=O) groups is 1. The molecule has 0 aliphatic carbocycles. The molecule has 2 aromatic rings. The van der Waals surface area contributed by atoms with Crippen LogP contribution in [0.2, 0.25) is 0 Å². The fourth-order valence-electron chi connectivity index (χ4n) is 2.06. The van der Waals surface area contributed by atoms with Crippen LogP contribution in [0.1, 0.15) is 11.1 Å². The zero-order valence-corrected chi connectivity index (χ0v) is 13.8. The summed E-state index contributed by atoms with van der Waals surface area (Å²) in [6.07, 6.45) is 1.71. The van der Waals surface area contributed by atoms with Gasteiger partial charge in [0.1, 0.15) is 28.3 Å². The molecule has 1 N–H and O–H groups in total. The maximum absolute atomic E-state index is 13.5. The Morgan fingerprint density at radius 3 is 2.38 bits per heavy atom. The Bertz CT molecular complexity index is 815. The summed E-state index contributed by atoms with van der Waals surface area (Å²) in [5, 5.41) is 2.54. The number of hydrogen-bond acceptors (Lipinski definition) is 4. The van der Waals surface area contributed by atoms with Crippen molar-refractivity contribution in [3.05, 3.63) is 70.1 Å². The Labute approximate surface area is 146 Å². The zero-order valence-electron chi connectivity index (χ0n) is 12.2. The van der Waals surface area contributed by atoms with Gasteiger partial charge in [-0.2, -0.15) is 0 Å². The molecular weight excluding hydrogens is 352 g/mol. The summed E-state index contributed by atoms with van der Waals surface area (Å²) in [4.78, 5) is 12.1.